The summed E-state index contributed by atoms with van der Waals surface area (Å²) in [6.45, 7) is 1.42. The zero-order valence-corrected chi connectivity index (χ0v) is 16.9. The summed E-state index contributed by atoms with van der Waals surface area (Å²) >= 11 is 6.24. The molecule has 1 aromatic carbocycles. The van der Waals surface area contributed by atoms with Crippen LogP contribution in [0, 0.1) is 11.6 Å². The number of nitrogens with zero attached hydrogens (tertiary/aromatic N) is 3. The van der Waals surface area contributed by atoms with Crippen molar-refractivity contribution >= 4 is 35.1 Å². The van der Waals surface area contributed by atoms with Crippen LogP contribution in [0.4, 0.5) is 25.1 Å². The number of hydrogen-bond acceptors (Lipinski definition) is 5. The molecule has 1 aromatic heterocycles. The van der Waals surface area contributed by atoms with Gasteiger partial charge in [-0.25, -0.2) is 18.6 Å². The van der Waals surface area contributed by atoms with E-state index in [4.69, 9.17) is 16.3 Å². The Hall–Kier alpha value is -2.94. The number of hydrogen-bond donors (Lipinski definition) is 1. The summed E-state index contributed by atoms with van der Waals surface area (Å²) in [5, 5.41) is 2.97. The third kappa shape index (κ3) is 3.89. The molecular formula is C20H19ClF2N4O3. The van der Waals surface area contributed by atoms with Crippen molar-refractivity contribution in [1.82, 2.24) is 14.8 Å². The van der Waals surface area contributed by atoms with E-state index in [1.165, 1.54) is 18.3 Å². The number of piperidine rings is 1. The van der Waals surface area contributed by atoms with Crippen molar-refractivity contribution < 1.29 is 23.1 Å². The van der Waals surface area contributed by atoms with Crippen molar-refractivity contribution in [3.05, 3.63) is 52.7 Å². The highest BCUT2D eigenvalue weighted by atomic mass is 35.5. The quantitative estimate of drug-likeness (QED) is 0.791. The number of amides is 2. The van der Waals surface area contributed by atoms with Gasteiger partial charge in [-0.15, -0.1) is 0 Å². The number of likely N-dealkylation sites (N-methyl/N-ethyl adjacent to an activating group) is 1. The van der Waals surface area contributed by atoms with E-state index in [0.717, 1.165) is 12.1 Å². The van der Waals surface area contributed by atoms with Crippen LogP contribution in [-0.2, 0) is 4.74 Å². The van der Waals surface area contributed by atoms with Crippen LogP contribution in [-0.4, -0.2) is 59.1 Å². The molecule has 0 atom stereocenters. The average Bonchev–Trinajstić information content (AvgIpc) is 2.99. The van der Waals surface area contributed by atoms with Crippen LogP contribution in [0.1, 0.15) is 23.2 Å². The van der Waals surface area contributed by atoms with Gasteiger partial charge in [0, 0.05) is 50.9 Å². The second-order valence-corrected chi connectivity index (χ2v) is 7.91. The van der Waals surface area contributed by atoms with Gasteiger partial charge in [-0.05, 0) is 18.2 Å². The van der Waals surface area contributed by atoms with Gasteiger partial charge in [0.15, 0.2) is 11.6 Å². The first-order valence-corrected chi connectivity index (χ1v) is 9.75. The molecule has 2 aliphatic rings. The van der Waals surface area contributed by atoms with Crippen LogP contribution in [0.5, 0.6) is 0 Å². The number of aromatic nitrogens is 1. The fourth-order valence-electron chi connectivity index (χ4n) is 3.71. The topological polar surface area (TPSA) is 74.8 Å². The molecule has 0 saturated carbocycles. The van der Waals surface area contributed by atoms with Crippen LogP contribution in [0.3, 0.4) is 0 Å². The van der Waals surface area contributed by atoms with E-state index in [-0.39, 0.29) is 28.5 Å². The Kier molecular flexibility index (Phi) is 5.23. The van der Waals surface area contributed by atoms with Crippen molar-refractivity contribution in [2.45, 2.75) is 18.4 Å². The highest BCUT2D eigenvalue weighted by molar-refractivity contribution is 6.33. The molecule has 0 unspecified atom stereocenters. The van der Waals surface area contributed by atoms with Gasteiger partial charge in [-0.2, -0.15) is 0 Å². The molecule has 2 aromatic rings. The van der Waals surface area contributed by atoms with E-state index in [0.29, 0.717) is 38.0 Å². The fraction of sp³-hybridized carbons (Fsp3) is 0.350. The largest absolute Gasteiger partial charge is 0.441 e. The lowest BCUT2D eigenvalue weighted by molar-refractivity contribution is 0.00316. The van der Waals surface area contributed by atoms with E-state index in [2.05, 4.69) is 10.3 Å². The molecule has 2 aliphatic heterocycles. The Balaban J connectivity index is 1.42. The molecule has 7 nitrogen and oxygen atoms in total. The summed E-state index contributed by atoms with van der Waals surface area (Å²) in [4.78, 5) is 31.9. The molecule has 2 fully saturated rings. The molecule has 0 radical (unpaired) electrons. The lowest BCUT2D eigenvalue weighted by Gasteiger charge is -2.37. The van der Waals surface area contributed by atoms with Gasteiger partial charge < -0.3 is 19.9 Å². The summed E-state index contributed by atoms with van der Waals surface area (Å²) in [5.41, 5.74) is 0.0589. The van der Waals surface area contributed by atoms with E-state index in [1.54, 1.807) is 16.8 Å². The summed E-state index contributed by atoms with van der Waals surface area (Å²) in [6, 6.07) is 4.81. The normalized spacial score (nSPS) is 17.9. The lowest BCUT2D eigenvalue weighted by Crippen LogP contribution is -2.48. The molecule has 1 N–H and O–H groups in total. The molecular weight excluding hydrogens is 418 g/mol. The van der Waals surface area contributed by atoms with Crippen molar-refractivity contribution in [2.24, 2.45) is 0 Å². The standard InChI is InChI=1S/C20H19ClF2N4O3/c1-26-11-20(30-19(26)29)4-6-27(7-5-20)18(28)12-8-14(21)17(24-10-12)25-13-2-3-15(22)16(23)9-13/h2-3,8-10H,4-7,11H2,1H3,(H,24,25). The Labute approximate surface area is 176 Å². The SMILES string of the molecule is CN1CC2(CCN(C(=O)c3cnc(Nc4ccc(F)c(F)c4)c(Cl)c3)CC2)OC1=O. The molecule has 0 aliphatic carbocycles. The number of ether oxygens (including phenoxy) is 1. The second-order valence-electron chi connectivity index (χ2n) is 7.51. The van der Waals surface area contributed by atoms with Gasteiger partial charge >= 0.3 is 6.09 Å². The monoisotopic (exact) mass is 436 g/mol. The fourth-order valence-corrected chi connectivity index (χ4v) is 3.92. The zero-order valence-electron chi connectivity index (χ0n) is 16.1. The van der Waals surface area contributed by atoms with Crippen molar-refractivity contribution in [2.75, 3.05) is 32.0 Å². The Morgan fingerprint density at radius 1 is 1.23 bits per heavy atom. The number of carbonyl (C=O) groups is 2. The molecule has 2 amide bonds. The molecule has 1 spiro atoms. The molecule has 2 saturated heterocycles. The van der Waals surface area contributed by atoms with Crippen molar-refractivity contribution in [3.63, 3.8) is 0 Å². The second kappa shape index (κ2) is 7.71. The van der Waals surface area contributed by atoms with E-state index < -0.39 is 17.2 Å². The highest BCUT2D eigenvalue weighted by Gasteiger charge is 2.46. The summed E-state index contributed by atoms with van der Waals surface area (Å²) < 4.78 is 31.9. The number of halogens is 3. The molecule has 10 heteroatoms. The summed E-state index contributed by atoms with van der Waals surface area (Å²) in [6.07, 6.45) is 2.16. The molecule has 0 bridgehead atoms. The first-order chi connectivity index (χ1) is 14.3. The van der Waals surface area contributed by atoms with Gasteiger partial charge in [0.1, 0.15) is 11.4 Å². The Morgan fingerprint density at radius 3 is 2.57 bits per heavy atom. The van der Waals surface area contributed by atoms with Gasteiger partial charge in [0.2, 0.25) is 0 Å². The third-order valence-corrected chi connectivity index (χ3v) is 5.66. The predicted octanol–water partition coefficient (Wildman–Crippen LogP) is 3.81. The minimum Gasteiger partial charge on any atom is -0.441 e. The van der Waals surface area contributed by atoms with E-state index in [1.807, 2.05) is 0 Å². The summed E-state index contributed by atoms with van der Waals surface area (Å²) in [7, 11) is 1.69. The molecule has 158 valence electrons. The number of carbonyl (C=O) groups excluding carboxylic acids is 2. The van der Waals surface area contributed by atoms with E-state index in [9.17, 15) is 18.4 Å². The average molecular weight is 437 g/mol. The van der Waals surface area contributed by atoms with Crippen LogP contribution in [0.25, 0.3) is 0 Å². The van der Waals surface area contributed by atoms with Gasteiger partial charge in [-0.3, -0.25) is 4.79 Å². The van der Waals surface area contributed by atoms with E-state index >= 15 is 0 Å². The van der Waals surface area contributed by atoms with Crippen molar-refractivity contribution in [3.8, 4) is 0 Å². The molecule has 4 rings (SSSR count). The first kappa shape index (κ1) is 20.3. The maximum atomic E-state index is 13.4. The molecule has 3 heterocycles. The number of benzene rings is 1. The summed E-state index contributed by atoms with van der Waals surface area (Å²) in [5.74, 6) is -1.96. The highest BCUT2D eigenvalue weighted by Crippen LogP contribution is 2.33. The Morgan fingerprint density at radius 2 is 1.97 bits per heavy atom. The minimum absolute atomic E-state index is 0.172. The van der Waals surface area contributed by atoms with Crippen LogP contribution < -0.4 is 5.32 Å². The third-order valence-electron chi connectivity index (χ3n) is 5.37. The number of nitrogens with one attached hydrogen (secondary N) is 1. The Bertz CT molecular complexity index is 1010. The lowest BCUT2D eigenvalue weighted by atomic mass is 9.91. The van der Waals surface area contributed by atoms with Gasteiger partial charge in [0.25, 0.3) is 5.91 Å². The minimum atomic E-state index is -0.995. The predicted molar refractivity (Wildman–Crippen MR) is 106 cm³/mol. The number of rotatable bonds is 3. The number of pyridine rings is 1. The number of likely N-dealkylation sites (tertiary alicyclic amines) is 1. The number of anilines is 2. The van der Waals surface area contributed by atoms with Crippen LogP contribution in [0.2, 0.25) is 5.02 Å². The first-order valence-electron chi connectivity index (χ1n) is 9.37. The molecule has 30 heavy (non-hydrogen) atoms. The zero-order chi connectivity index (χ0) is 21.5. The van der Waals surface area contributed by atoms with Gasteiger partial charge in [-0.1, -0.05) is 11.6 Å². The maximum Gasteiger partial charge on any atom is 0.410 e. The maximum absolute atomic E-state index is 13.4. The van der Waals surface area contributed by atoms with Crippen molar-refractivity contribution in [1.29, 1.82) is 0 Å². The van der Waals surface area contributed by atoms with Gasteiger partial charge in [0.05, 0.1) is 17.1 Å². The van der Waals surface area contributed by atoms with Crippen LogP contribution >= 0.6 is 11.6 Å². The smallest absolute Gasteiger partial charge is 0.410 e. The van der Waals surface area contributed by atoms with Crippen LogP contribution in [0.15, 0.2) is 30.5 Å².